The third-order valence-electron chi connectivity index (χ3n) is 3.81. The average Bonchev–Trinajstić information content (AvgIpc) is 2.47. The van der Waals surface area contributed by atoms with Crippen molar-refractivity contribution >= 4 is 29.3 Å². The Morgan fingerprint density at radius 3 is 2.95 bits per heavy atom. The predicted molar refractivity (Wildman–Crippen MR) is 83.8 cm³/mol. The molecule has 1 saturated heterocycles. The Hall–Kier alpha value is -1.53. The van der Waals surface area contributed by atoms with Crippen molar-refractivity contribution in [2.24, 2.45) is 0 Å². The first kappa shape index (κ1) is 14.4. The Morgan fingerprint density at radius 1 is 1.38 bits per heavy atom. The van der Waals surface area contributed by atoms with Gasteiger partial charge in [0.2, 0.25) is 5.91 Å². The van der Waals surface area contributed by atoms with Gasteiger partial charge in [-0.3, -0.25) is 9.59 Å². The number of amides is 2. The van der Waals surface area contributed by atoms with Gasteiger partial charge >= 0.3 is 0 Å². The molecular formula is C15H19N3O2S. The van der Waals surface area contributed by atoms with Crippen LogP contribution in [0.15, 0.2) is 23.1 Å². The lowest BCUT2D eigenvalue weighted by atomic mass is 10.1. The van der Waals surface area contributed by atoms with Crippen LogP contribution in [0.3, 0.4) is 0 Å². The zero-order valence-electron chi connectivity index (χ0n) is 12.2. The molecule has 2 aliphatic rings. The fourth-order valence-electron chi connectivity index (χ4n) is 2.64. The molecule has 112 valence electrons. The first-order valence-electron chi connectivity index (χ1n) is 7.19. The molecule has 21 heavy (non-hydrogen) atoms. The van der Waals surface area contributed by atoms with Crippen molar-refractivity contribution in [1.29, 1.82) is 0 Å². The number of piperazine rings is 1. The monoisotopic (exact) mass is 305 g/mol. The Balaban J connectivity index is 1.82. The van der Waals surface area contributed by atoms with Crippen LogP contribution in [-0.4, -0.2) is 47.6 Å². The number of anilines is 1. The standard InChI is InChI=1S/C15H19N3O2S/c1-9-8-18(6-5-16-9)15(20)11-3-4-13-12(7-11)17-14(19)10(2)21-13/h3-4,7,9-10,16H,5-6,8H2,1-2H3,(H,17,19). The van der Waals surface area contributed by atoms with Gasteiger partial charge in [-0.1, -0.05) is 0 Å². The van der Waals surface area contributed by atoms with Crippen molar-refractivity contribution in [1.82, 2.24) is 10.2 Å². The number of rotatable bonds is 1. The van der Waals surface area contributed by atoms with Gasteiger partial charge in [-0.25, -0.2) is 0 Å². The fraction of sp³-hybridized carbons (Fsp3) is 0.467. The summed E-state index contributed by atoms with van der Waals surface area (Å²) < 4.78 is 0. The zero-order chi connectivity index (χ0) is 15.0. The predicted octanol–water partition coefficient (Wildman–Crippen LogP) is 1.55. The largest absolute Gasteiger partial charge is 0.336 e. The van der Waals surface area contributed by atoms with E-state index in [2.05, 4.69) is 17.6 Å². The topological polar surface area (TPSA) is 61.4 Å². The number of nitrogens with zero attached hydrogens (tertiary/aromatic N) is 1. The van der Waals surface area contributed by atoms with Crippen LogP contribution in [0.5, 0.6) is 0 Å². The summed E-state index contributed by atoms with van der Waals surface area (Å²) in [5.41, 5.74) is 1.38. The highest BCUT2D eigenvalue weighted by molar-refractivity contribution is 8.00. The molecule has 0 aliphatic carbocycles. The number of carbonyl (C=O) groups is 2. The summed E-state index contributed by atoms with van der Waals surface area (Å²) in [6.45, 7) is 6.21. The van der Waals surface area contributed by atoms with Crippen LogP contribution in [0, 0.1) is 0 Å². The molecule has 1 fully saturated rings. The fourth-order valence-corrected chi connectivity index (χ4v) is 3.57. The van der Waals surface area contributed by atoms with Gasteiger partial charge in [0, 0.05) is 36.1 Å². The number of carbonyl (C=O) groups excluding carboxylic acids is 2. The highest BCUT2D eigenvalue weighted by Crippen LogP contribution is 2.36. The second-order valence-electron chi connectivity index (χ2n) is 5.57. The van der Waals surface area contributed by atoms with E-state index in [1.807, 2.05) is 24.0 Å². The summed E-state index contributed by atoms with van der Waals surface area (Å²) in [6, 6.07) is 5.89. The van der Waals surface area contributed by atoms with Crippen molar-refractivity contribution in [2.75, 3.05) is 25.0 Å². The number of hydrogen-bond acceptors (Lipinski definition) is 4. The van der Waals surface area contributed by atoms with Crippen LogP contribution in [0.2, 0.25) is 0 Å². The van der Waals surface area contributed by atoms with Crippen molar-refractivity contribution in [3.05, 3.63) is 23.8 Å². The third kappa shape index (κ3) is 2.91. The zero-order valence-corrected chi connectivity index (χ0v) is 13.0. The van der Waals surface area contributed by atoms with Gasteiger partial charge in [-0.05, 0) is 32.0 Å². The number of nitrogens with one attached hydrogen (secondary N) is 2. The number of hydrogen-bond donors (Lipinski definition) is 2. The molecule has 0 spiro atoms. The van der Waals surface area contributed by atoms with E-state index >= 15 is 0 Å². The van der Waals surface area contributed by atoms with Crippen molar-refractivity contribution < 1.29 is 9.59 Å². The lowest BCUT2D eigenvalue weighted by Gasteiger charge is -2.32. The summed E-state index contributed by atoms with van der Waals surface area (Å²) >= 11 is 1.53. The van der Waals surface area contributed by atoms with Crippen LogP contribution in [0.1, 0.15) is 24.2 Å². The lowest BCUT2D eigenvalue weighted by Crippen LogP contribution is -2.51. The van der Waals surface area contributed by atoms with Gasteiger partial charge in [0.25, 0.3) is 5.91 Å². The second kappa shape index (κ2) is 5.69. The lowest BCUT2D eigenvalue weighted by molar-refractivity contribution is -0.115. The van der Waals surface area contributed by atoms with Gasteiger partial charge in [0.1, 0.15) is 0 Å². The summed E-state index contributed by atoms with van der Waals surface area (Å²) in [7, 11) is 0. The molecule has 2 atom stereocenters. The Bertz CT molecular complexity index is 590. The van der Waals surface area contributed by atoms with Gasteiger partial charge in [-0.15, -0.1) is 11.8 Å². The van der Waals surface area contributed by atoms with Crippen LogP contribution in [0.25, 0.3) is 0 Å². The molecule has 0 saturated carbocycles. The molecule has 2 amide bonds. The van der Waals surface area contributed by atoms with Crippen molar-refractivity contribution in [2.45, 2.75) is 30.0 Å². The number of fused-ring (bicyclic) bond motifs is 1. The minimum Gasteiger partial charge on any atom is -0.336 e. The van der Waals surface area contributed by atoms with Gasteiger partial charge in [-0.2, -0.15) is 0 Å². The molecule has 5 nitrogen and oxygen atoms in total. The maximum atomic E-state index is 12.6. The maximum Gasteiger partial charge on any atom is 0.254 e. The molecule has 0 bridgehead atoms. The van der Waals surface area contributed by atoms with Gasteiger partial charge in [0.15, 0.2) is 0 Å². The van der Waals surface area contributed by atoms with E-state index in [-0.39, 0.29) is 17.1 Å². The first-order valence-corrected chi connectivity index (χ1v) is 8.07. The van der Waals surface area contributed by atoms with Crippen molar-refractivity contribution in [3.8, 4) is 0 Å². The van der Waals surface area contributed by atoms with Crippen LogP contribution >= 0.6 is 11.8 Å². The second-order valence-corrected chi connectivity index (χ2v) is 6.95. The molecule has 1 aromatic rings. The molecule has 0 aromatic heterocycles. The van der Waals surface area contributed by atoms with E-state index in [4.69, 9.17) is 0 Å². The number of thioether (sulfide) groups is 1. The molecule has 2 N–H and O–H groups in total. The molecule has 1 aromatic carbocycles. The molecular weight excluding hydrogens is 286 g/mol. The summed E-state index contributed by atoms with van der Waals surface area (Å²) in [5, 5.41) is 6.11. The van der Waals surface area contributed by atoms with E-state index in [1.165, 1.54) is 11.8 Å². The molecule has 3 rings (SSSR count). The molecule has 6 heteroatoms. The number of benzene rings is 1. The van der Waals surface area contributed by atoms with E-state index < -0.39 is 0 Å². The summed E-state index contributed by atoms with van der Waals surface area (Å²) in [4.78, 5) is 27.2. The van der Waals surface area contributed by atoms with Crippen LogP contribution in [-0.2, 0) is 4.79 Å². The minimum absolute atomic E-state index is 0.00658. The highest BCUT2D eigenvalue weighted by atomic mass is 32.2. The molecule has 2 heterocycles. The van der Waals surface area contributed by atoms with E-state index in [9.17, 15) is 9.59 Å². The molecule has 2 unspecified atom stereocenters. The van der Waals surface area contributed by atoms with Gasteiger partial charge in [0.05, 0.1) is 10.9 Å². The smallest absolute Gasteiger partial charge is 0.254 e. The van der Waals surface area contributed by atoms with Crippen LogP contribution < -0.4 is 10.6 Å². The van der Waals surface area contributed by atoms with E-state index in [0.717, 1.165) is 23.7 Å². The first-order chi connectivity index (χ1) is 10.0. The summed E-state index contributed by atoms with van der Waals surface area (Å²) in [5.74, 6) is 0.0249. The van der Waals surface area contributed by atoms with E-state index in [1.54, 1.807) is 6.07 Å². The molecule has 0 radical (unpaired) electrons. The SMILES string of the molecule is CC1CN(C(=O)c2ccc3c(c2)NC(=O)C(C)S3)CCN1. The third-order valence-corrected chi connectivity index (χ3v) is 4.99. The Morgan fingerprint density at radius 2 is 2.19 bits per heavy atom. The Kier molecular flexibility index (Phi) is 3.91. The van der Waals surface area contributed by atoms with Crippen LogP contribution in [0.4, 0.5) is 5.69 Å². The van der Waals surface area contributed by atoms with Crippen molar-refractivity contribution in [3.63, 3.8) is 0 Å². The van der Waals surface area contributed by atoms with Gasteiger partial charge < -0.3 is 15.5 Å². The average molecular weight is 305 g/mol. The normalized spacial score (nSPS) is 25.2. The molecule has 2 aliphatic heterocycles. The quantitative estimate of drug-likeness (QED) is 0.826. The highest BCUT2D eigenvalue weighted by Gasteiger charge is 2.26. The summed E-state index contributed by atoms with van der Waals surface area (Å²) in [6.07, 6.45) is 0. The Labute approximate surface area is 128 Å². The maximum absolute atomic E-state index is 12.6. The minimum atomic E-state index is -0.0898. The van der Waals surface area contributed by atoms with E-state index in [0.29, 0.717) is 18.2 Å².